The summed E-state index contributed by atoms with van der Waals surface area (Å²) in [6.45, 7) is 1.96. The molecule has 0 saturated heterocycles. The third-order valence-electron chi connectivity index (χ3n) is 6.12. The fourth-order valence-electron chi connectivity index (χ4n) is 4.00. The Hall–Kier alpha value is -3.33. The van der Waals surface area contributed by atoms with E-state index in [0.29, 0.717) is 45.7 Å². The first kappa shape index (κ1) is 26.9. The van der Waals surface area contributed by atoms with Crippen LogP contribution in [-0.2, 0) is 24.0 Å². The van der Waals surface area contributed by atoms with Gasteiger partial charge >= 0.3 is 0 Å². The molecule has 0 radical (unpaired) electrons. The van der Waals surface area contributed by atoms with E-state index in [1.165, 1.54) is 35.7 Å². The first-order chi connectivity index (χ1) is 19.4. The second-order valence-electron chi connectivity index (χ2n) is 8.93. The third kappa shape index (κ3) is 5.48. The van der Waals surface area contributed by atoms with Crippen LogP contribution in [0.1, 0.15) is 24.5 Å². The zero-order valence-electron chi connectivity index (χ0n) is 21.1. The van der Waals surface area contributed by atoms with Crippen LogP contribution in [0.3, 0.4) is 0 Å². The minimum Gasteiger partial charge on any atom is -0.338 e. The predicted molar refractivity (Wildman–Crippen MR) is 153 cm³/mol. The number of aromatic nitrogens is 7. The van der Waals surface area contributed by atoms with E-state index < -0.39 is 5.41 Å². The van der Waals surface area contributed by atoms with Crippen LogP contribution in [0.4, 0.5) is 4.39 Å². The lowest BCUT2D eigenvalue weighted by Crippen LogP contribution is -2.36. The molecule has 0 amide bonds. The van der Waals surface area contributed by atoms with Gasteiger partial charge in [-0.3, -0.25) is 0 Å². The van der Waals surface area contributed by atoms with Crippen molar-refractivity contribution in [3.63, 3.8) is 0 Å². The van der Waals surface area contributed by atoms with Gasteiger partial charge in [-0.1, -0.05) is 51.9 Å². The van der Waals surface area contributed by atoms with E-state index in [-0.39, 0.29) is 11.1 Å². The van der Waals surface area contributed by atoms with Crippen molar-refractivity contribution in [1.29, 1.82) is 0 Å². The molecule has 1 aliphatic heterocycles. The normalized spacial score (nSPS) is 18.8. The summed E-state index contributed by atoms with van der Waals surface area (Å²) in [5.41, 5.74) is -0.193. The molecule has 1 aliphatic rings. The van der Waals surface area contributed by atoms with Crippen LogP contribution in [0.5, 0.6) is 0 Å². The number of rotatable bonds is 9. The average molecular weight is 615 g/mol. The van der Waals surface area contributed by atoms with Crippen LogP contribution in [0, 0.1) is 5.82 Å². The Bertz CT molecular complexity index is 1700. The quantitative estimate of drug-likeness (QED) is 0.141. The summed E-state index contributed by atoms with van der Waals surface area (Å²) in [6.07, 6.45) is 3.56. The van der Waals surface area contributed by atoms with E-state index in [0.717, 1.165) is 15.9 Å². The van der Waals surface area contributed by atoms with Gasteiger partial charge in [-0.25, -0.2) is 9.38 Å². The van der Waals surface area contributed by atoms with E-state index in [9.17, 15) is 4.39 Å². The molecule has 6 rings (SSSR count). The van der Waals surface area contributed by atoms with Gasteiger partial charge in [0, 0.05) is 18.8 Å². The van der Waals surface area contributed by atoms with Gasteiger partial charge in [0.05, 0.1) is 27.0 Å². The maximum Gasteiger partial charge on any atom is 0.238 e. The van der Waals surface area contributed by atoms with Crippen LogP contribution in [0.2, 0.25) is 0 Å². The summed E-state index contributed by atoms with van der Waals surface area (Å²) in [5, 5.41) is 19.7. The lowest BCUT2D eigenvalue weighted by atomic mass is 9.85. The topological polar surface area (TPSA) is 121 Å². The van der Waals surface area contributed by atoms with E-state index in [2.05, 4.69) is 35.5 Å². The van der Waals surface area contributed by atoms with Crippen molar-refractivity contribution in [3.8, 4) is 22.1 Å². The van der Waals surface area contributed by atoms with Crippen molar-refractivity contribution >= 4 is 52.7 Å². The van der Waals surface area contributed by atoms with Crippen LogP contribution < -0.4 is 0 Å². The SMILES string of the molecule is Cn1c(SCc2noc(C3(C)C=C(Cl)N=CC3SCc3nc(-c4cccc(F)c4)no3)n2)nnc1-c1cccs1. The van der Waals surface area contributed by atoms with Gasteiger partial charge in [-0.15, -0.1) is 33.3 Å². The number of nitrogens with zero attached hydrogens (tertiary/aromatic N) is 8. The molecule has 1 aromatic carbocycles. The van der Waals surface area contributed by atoms with Gasteiger partial charge in [-0.05, 0) is 36.6 Å². The Morgan fingerprint density at radius 3 is 2.85 bits per heavy atom. The number of thioether (sulfide) groups is 2. The Kier molecular flexibility index (Phi) is 7.57. The molecule has 2 atom stereocenters. The zero-order chi connectivity index (χ0) is 27.7. The molecule has 0 N–H and O–H groups in total. The fourth-order valence-corrected chi connectivity index (χ4v) is 6.88. The first-order valence-electron chi connectivity index (χ1n) is 11.9. The lowest BCUT2D eigenvalue weighted by molar-refractivity contribution is 0.329. The Morgan fingerprint density at radius 2 is 2.02 bits per heavy atom. The van der Waals surface area contributed by atoms with Crippen molar-refractivity contribution in [2.24, 2.45) is 12.0 Å². The molecule has 15 heteroatoms. The van der Waals surface area contributed by atoms with Gasteiger partial charge in [0.25, 0.3) is 0 Å². The number of aliphatic imine (C=N–C) groups is 1. The summed E-state index contributed by atoms with van der Waals surface area (Å²) in [4.78, 5) is 14.4. The molecule has 0 aliphatic carbocycles. The smallest absolute Gasteiger partial charge is 0.238 e. The Balaban J connectivity index is 1.14. The van der Waals surface area contributed by atoms with E-state index in [4.69, 9.17) is 20.6 Å². The molecule has 10 nitrogen and oxygen atoms in total. The zero-order valence-corrected chi connectivity index (χ0v) is 24.3. The number of benzene rings is 1. The van der Waals surface area contributed by atoms with Crippen molar-refractivity contribution in [2.75, 3.05) is 0 Å². The fraction of sp³-hybridized carbons (Fsp3) is 0.240. The molecule has 0 saturated carbocycles. The second kappa shape index (κ2) is 11.3. The summed E-state index contributed by atoms with van der Waals surface area (Å²) < 4.78 is 26.6. The number of halogens is 2. The monoisotopic (exact) mass is 614 g/mol. The second-order valence-corrected chi connectivity index (χ2v) is 12.3. The minimum atomic E-state index is -0.734. The maximum absolute atomic E-state index is 13.6. The Morgan fingerprint density at radius 1 is 1.12 bits per heavy atom. The highest BCUT2D eigenvalue weighted by atomic mass is 35.5. The molecule has 5 heterocycles. The van der Waals surface area contributed by atoms with Crippen molar-refractivity contribution in [1.82, 2.24) is 35.0 Å². The highest BCUT2D eigenvalue weighted by Gasteiger charge is 2.41. The maximum atomic E-state index is 13.6. The highest BCUT2D eigenvalue weighted by molar-refractivity contribution is 7.99. The molecule has 0 bridgehead atoms. The van der Waals surface area contributed by atoms with Crippen LogP contribution >= 0.6 is 46.5 Å². The molecule has 0 fully saturated rings. The molecule has 5 aromatic rings. The standard InChI is InChI=1S/C25H20ClFN8O2S3/c1-25(23-29-19(33-37-23)12-40-24-32-31-22(35(24)2)16-7-4-8-38-16)10-18(26)28-11-17(25)39-13-20-30-21(34-36-20)14-5-3-6-15(27)9-14/h3-11,17H,12-13H2,1-2H3. The summed E-state index contributed by atoms with van der Waals surface area (Å²) >= 11 is 10.9. The van der Waals surface area contributed by atoms with Crippen molar-refractivity contribution in [2.45, 2.75) is 34.3 Å². The molecule has 2 unspecified atom stereocenters. The van der Waals surface area contributed by atoms with Crippen molar-refractivity contribution < 1.29 is 13.4 Å². The van der Waals surface area contributed by atoms with E-state index in [1.807, 2.05) is 36.1 Å². The predicted octanol–water partition coefficient (Wildman–Crippen LogP) is 6.13. The van der Waals surface area contributed by atoms with Gasteiger partial charge < -0.3 is 13.6 Å². The number of thiophene rings is 1. The summed E-state index contributed by atoms with van der Waals surface area (Å²) in [5.74, 6) is 2.93. The van der Waals surface area contributed by atoms with E-state index in [1.54, 1.807) is 35.8 Å². The molecular weight excluding hydrogens is 595 g/mol. The largest absolute Gasteiger partial charge is 0.338 e. The number of allylic oxidation sites excluding steroid dienone is 1. The Labute approximate surface area is 245 Å². The number of hydrogen-bond donors (Lipinski definition) is 0. The van der Waals surface area contributed by atoms with Gasteiger partial charge in [0.2, 0.25) is 17.6 Å². The van der Waals surface area contributed by atoms with Gasteiger partial charge in [0.15, 0.2) is 16.8 Å². The van der Waals surface area contributed by atoms with Crippen molar-refractivity contribution in [3.05, 3.63) is 76.4 Å². The molecule has 204 valence electrons. The summed E-state index contributed by atoms with van der Waals surface area (Å²) in [6, 6.07) is 10.0. The third-order valence-corrected chi connectivity index (χ3v) is 9.59. The van der Waals surface area contributed by atoms with Gasteiger partial charge in [0.1, 0.15) is 11.0 Å². The molecular formula is C25H20ClFN8O2S3. The minimum absolute atomic E-state index is 0.215. The highest BCUT2D eigenvalue weighted by Crippen LogP contribution is 2.40. The first-order valence-corrected chi connectivity index (χ1v) is 15.2. The number of hydrogen-bond acceptors (Lipinski definition) is 12. The molecule has 4 aromatic heterocycles. The van der Waals surface area contributed by atoms with Gasteiger partial charge in [-0.2, -0.15) is 9.97 Å². The molecule has 0 spiro atoms. The van der Waals surface area contributed by atoms with Crippen LogP contribution in [0.25, 0.3) is 22.1 Å². The van der Waals surface area contributed by atoms with Crippen LogP contribution in [-0.4, -0.2) is 46.5 Å². The average Bonchev–Trinajstić information content (AvgIpc) is 3.75. The summed E-state index contributed by atoms with van der Waals surface area (Å²) in [7, 11) is 1.93. The van der Waals surface area contributed by atoms with E-state index >= 15 is 0 Å². The lowest BCUT2D eigenvalue weighted by Gasteiger charge is -2.30. The van der Waals surface area contributed by atoms with Crippen LogP contribution in [0.15, 0.2) is 72.2 Å². The molecule has 40 heavy (non-hydrogen) atoms.